The van der Waals surface area contributed by atoms with Gasteiger partial charge in [-0.2, -0.15) is 0 Å². The molecule has 2 aromatic rings. The summed E-state index contributed by atoms with van der Waals surface area (Å²) in [7, 11) is 1.61. The lowest BCUT2D eigenvalue weighted by atomic mass is 10.0. The summed E-state index contributed by atoms with van der Waals surface area (Å²) in [5.41, 5.74) is 2.50. The molecule has 2 rings (SSSR count). The van der Waals surface area contributed by atoms with Crippen molar-refractivity contribution < 1.29 is 9.53 Å². The lowest BCUT2D eigenvalue weighted by Gasteiger charge is -2.06. The number of ether oxygens (including phenoxy) is 1. The third-order valence-electron chi connectivity index (χ3n) is 2.78. The predicted octanol–water partition coefficient (Wildman–Crippen LogP) is 4.26. The van der Waals surface area contributed by atoms with Crippen molar-refractivity contribution in [3.05, 3.63) is 50.2 Å². The first-order chi connectivity index (χ1) is 8.54. The van der Waals surface area contributed by atoms with E-state index in [1.807, 2.05) is 25.3 Å². The highest BCUT2D eigenvalue weighted by molar-refractivity contribution is 7.13. The zero-order valence-electron chi connectivity index (χ0n) is 10.4. The summed E-state index contributed by atoms with van der Waals surface area (Å²) >= 11 is 7.51. The number of benzene rings is 1. The van der Waals surface area contributed by atoms with Gasteiger partial charge in [0.15, 0.2) is 0 Å². The van der Waals surface area contributed by atoms with Crippen molar-refractivity contribution in [2.75, 3.05) is 7.11 Å². The van der Waals surface area contributed by atoms with Crippen LogP contribution in [0.2, 0.25) is 5.02 Å². The first-order valence-corrected chi connectivity index (χ1v) is 6.73. The van der Waals surface area contributed by atoms with E-state index in [1.165, 1.54) is 11.3 Å². The molecule has 0 N–H and O–H groups in total. The van der Waals surface area contributed by atoms with E-state index in [0.717, 1.165) is 16.9 Å². The van der Waals surface area contributed by atoms with Gasteiger partial charge in [-0.1, -0.05) is 11.6 Å². The van der Waals surface area contributed by atoms with Crippen LogP contribution in [0.25, 0.3) is 0 Å². The van der Waals surface area contributed by atoms with Crippen LogP contribution < -0.4 is 4.74 Å². The quantitative estimate of drug-likeness (QED) is 0.786. The molecule has 18 heavy (non-hydrogen) atoms. The van der Waals surface area contributed by atoms with Crippen molar-refractivity contribution in [1.82, 2.24) is 0 Å². The molecule has 0 spiro atoms. The van der Waals surface area contributed by atoms with Crippen LogP contribution in [0.15, 0.2) is 23.6 Å². The molecule has 0 saturated carbocycles. The van der Waals surface area contributed by atoms with Gasteiger partial charge in [0.2, 0.25) is 5.78 Å². The SMILES string of the molecule is COc1ccc(C(=O)c2scc(C)c2Cl)c(C)c1. The maximum absolute atomic E-state index is 12.4. The monoisotopic (exact) mass is 280 g/mol. The Morgan fingerprint density at radius 1 is 1.28 bits per heavy atom. The van der Waals surface area contributed by atoms with Crippen molar-refractivity contribution >= 4 is 28.7 Å². The number of aryl methyl sites for hydroxylation is 2. The predicted molar refractivity (Wildman–Crippen MR) is 75.2 cm³/mol. The zero-order chi connectivity index (χ0) is 13.3. The van der Waals surface area contributed by atoms with E-state index < -0.39 is 0 Å². The molecule has 1 aromatic heterocycles. The van der Waals surface area contributed by atoms with Crippen molar-refractivity contribution in [1.29, 1.82) is 0 Å². The minimum absolute atomic E-state index is 0.0294. The van der Waals surface area contributed by atoms with Crippen LogP contribution in [-0.4, -0.2) is 12.9 Å². The van der Waals surface area contributed by atoms with Crippen LogP contribution in [0.3, 0.4) is 0 Å². The highest BCUT2D eigenvalue weighted by atomic mass is 35.5. The Labute approximate surface area is 115 Å². The zero-order valence-corrected chi connectivity index (χ0v) is 12.0. The molecule has 0 radical (unpaired) electrons. The summed E-state index contributed by atoms with van der Waals surface area (Å²) in [6, 6.07) is 5.41. The van der Waals surface area contributed by atoms with Crippen molar-refractivity contribution in [3.63, 3.8) is 0 Å². The highest BCUT2D eigenvalue weighted by Gasteiger charge is 2.18. The normalized spacial score (nSPS) is 10.4. The van der Waals surface area contributed by atoms with E-state index >= 15 is 0 Å². The molecular formula is C14H13ClO2S. The molecule has 0 fully saturated rings. The molecule has 0 amide bonds. The number of hydrogen-bond donors (Lipinski definition) is 0. The van der Waals surface area contributed by atoms with Crippen LogP contribution in [0.4, 0.5) is 0 Å². The number of rotatable bonds is 3. The van der Waals surface area contributed by atoms with Crippen molar-refractivity contribution in [3.8, 4) is 5.75 Å². The molecule has 0 aliphatic rings. The molecule has 0 aliphatic carbocycles. The highest BCUT2D eigenvalue weighted by Crippen LogP contribution is 2.30. The first-order valence-electron chi connectivity index (χ1n) is 5.47. The minimum Gasteiger partial charge on any atom is -0.497 e. The number of ketones is 1. The Balaban J connectivity index is 2.43. The van der Waals surface area contributed by atoms with Crippen LogP contribution >= 0.6 is 22.9 Å². The molecule has 1 heterocycles. The average molecular weight is 281 g/mol. The summed E-state index contributed by atoms with van der Waals surface area (Å²) in [5, 5.41) is 2.45. The van der Waals surface area contributed by atoms with Gasteiger partial charge < -0.3 is 4.74 Å². The summed E-state index contributed by atoms with van der Waals surface area (Å²) in [6.07, 6.45) is 0. The van der Waals surface area contributed by atoms with E-state index in [9.17, 15) is 4.79 Å². The molecule has 2 nitrogen and oxygen atoms in total. The average Bonchev–Trinajstić information content (AvgIpc) is 2.69. The van der Waals surface area contributed by atoms with Gasteiger partial charge in [-0.15, -0.1) is 11.3 Å². The van der Waals surface area contributed by atoms with Crippen LogP contribution in [0.1, 0.15) is 26.4 Å². The molecule has 0 bridgehead atoms. The fraction of sp³-hybridized carbons (Fsp3) is 0.214. The molecule has 0 unspecified atom stereocenters. The lowest BCUT2D eigenvalue weighted by molar-refractivity contribution is 0.104. The Morgan fingerprint density at radius 3 is 2.50 bits per heavy atom. The third kappa shape index (κ3) is 2.28. The largest absolute Gasteiger partial charge is 0.497 e. The second-order valence-corrected chi connectivity index (χ2v) is 5.33. The van der Waals surface area contributed by atoms with E-state index in [4.69, 9.17) is 16.3 Å². The second-order valence-electron chi connectivity index (χ2n) is 4.07. The van der Waals surface area contributed by atoms with Crippen LogP contribution in [0, 0.1) is 13.8 Å². The van der Waals surface area contributed by atoms with Crippen molar-refractivity contribution in [2.45, 2.75) is 13.8 Å². The second kappa shape index (κ2) is 5.12. The Hall–Kier alpha value is -1.32. The first kappa shape index (κ1) is 13.1. The molecule has 0 saturated heterocycles. The van der Waals surface area contributed by atoms with E-state index in [0.29, 0.717) is 15.5 Å². The summed E-state index contributed by atoms with van der Waals surface area (Å²) in [5.74, 6) is 0.718. The van der Waals surface area contributed by atoms with Gasteiger partial charge in [-0.25, -0.2) is 0 Å². The lowest BCUT2D eigenvalue weighted by Crippen LogP contribution is -2.02. The number of methoxy groups -OCH3 is 1. The van der Waals surface area contributed by atoms with Gasteiger partial charge in [0.25, 0.3) is 0 Å². The number of hydrogen-bond acceptors (Lipinski definition) is 3. The standard InChI is InChI=1S/C14H13ClO2S/c1-8-6-10(17-3)4-5-11(8)13(16)14-12(15)9(2)7-18-14/h4-7H,1-3H3. The van der Waals surface area contributed by atoms with Gasteiger partial charge in [-0.3, -0.25) is 4.79 Å². The topological polar surface area (TPSA) is 26.3 Å². The van der Waals surface area contributed by atoms with Crippen LogP contribution in [-0.2, 0) is 0 Å². The van der Waals surface area contributed by atoms with Gasteiger partial charge >= 0.3 is 0 Å². The van der Waals surface area contributed by atoms with E-state index in [-0.39, 0.29) is 5.78 Å². The summed E-state index contributed by atoms with van der Waals surface area (Å²) < 4.78 is 5.13. The van der Waals surface area contributed by atoms with Crippen molar-refractivity contribution in [2.24, 2.45) is 0 Å². The van der Waals surface area contributed by atoms with Crippen LogP contribution in [0.5, 0.6) is 5.75 Å². The fourth-order valence-corrected chi connectivity index (χ4v) is 2.96. The number of carbonyl (C=O) groups excluding carboxylic acids is 1. The summed E-state index contributed by atoms with van der Waals surface area (Å²) in [6.45, 7) is 3.79. The van der Waals surface area contributed by atoms with E-state index in [2.05, 4.69) is 0 Å². The van der Waals surface area contributed by atoms with E-state index in [1.54, 1.807) is 19.2 Å². The third-order valence-corrected chi connectivity index (χ3v) is 4.48. The Bertz CT molecular complexity index is 602. The smallest absolute Gasteiger partial charge is 0.204 e. The molecule has 4 heteroatoms. The minimum atomic E-state index is -0.0294. The van der Waals surface area contributed by atoms with Gasteiger partial charge in [0.05, 0.1) is 17.0 Å². The molecular weight excluding hydrogens is 268 g/mol. The molecule has 0 atom stereocenters. The summed E-state index contributed by atoms with van der Waals surface area (Å²) in [4.78, 5) is 13.0. The Kier molecular flexibility index (Phi) is 3.73. The molecule has 94 valence electrons. The maximum Gasteiger partial charge on any atom is 0.204 e. The number of thiophene rings is 1. The van der Waals surface area contributed by atoms with Gasteiger partial charge in [0, 0.05) is 5.56 Å². The fourth-order valence-electron chi connectivity index (χ4n) is 1.72. The molecule has 1 aromatic carbocycles. The van der Waals surface area contributed by atoms with Gasteiger partial charge in [0.1, 0.15) is 5.75 Å². The number of carbonyl (C=O) groups is 1. The molecule has 0 aliphatic heterocycles. The maximum atomic E-state index is 12.4. The van der Waals surface area contributed by atoms with Gasteiger partial charge in [-0.05, 0) is 48.6 Å². The Morgan fingerprint density at radius 2 is 2.00 bits per heavy atom. The number of halogens is 1.